The minimum atomic E-state index is -1.18. The Morgan fingerprint density at radius 2 is 1.82 bits per heavy atom. The van der Waals surface area contributed by atoms with E-state index < -0.39 is 11.9 Å². The van der Waals surface area contributed by atoms with Crippen LogP contribution in [0.1, 0.15) is 53.9 Å². The lowest BCUT2D eigenvalue weighted by Crippen LogP contribution is -2.19. The van der Waals surface area contributed by atoms with Crippen LogP contribution in [0.15, 0.2) is 70.9 Å². The fourth-order valence-electron chi connectivity index (χ4n) is 3.14. The van der Waals surface area contributed by atoms with Crippen molar-refractivity contribution in [2.45, 2.75) is 53.9 Å². The van der Waals surface area contributed by atoms with Crippen LogP contribution in [-0.4, -0.2) is 23.7 Å². The molecule has 1 aliphatic rings. The number of carbonyl (C=O) groups excluding carboxylic acids is 1. The fourth-order valence-corrected chi connectivity index (χ4v) is 3.14. The van der Waals surface area contributed by atoms with E-state index in [2.05, 4.69) is 39.8 Å². The maximum Gasteiger partial charge on any atom is 0.331 e. The number of ether oxygens (including phenoxy) is 1. The van der Waals surface area contributed by atoms with Crippen molar-refractivity contribution in [3.05, 3.63) is 70.9 Å². The molecule has 4 nitrogen and oxygen atoms in total. The summed E-state index contributed by atoms with van der Waals surface area (Å²) in [6.07, 6.45) is 17.5. The molecule has 28 heavy (non-hydrogen) atoms. The summed E-state index contributed by atoms with van der Waals surface area (Å²) in [5.41, 5.74) is 5.30. The van der Waals surface area contributed by atoms with Crippen molar-refractivity contribution in [2.75, 3.05) is 6.61 Å². The van der Waals surface area contributed by atoms with Crippen LogP contribution in [0.3, 0.4) is 0 Å². The average molecular weight is 385 g/mol. The van der Waals surface area contributed by atoms with E-state index in [1.807, 2.05) is 25.2 Å². The number of rotatable bonds is 8. The Hall–Kier alpha value is -2.62. The Balaban J connectivity index is 2.58. The van der Waals surface area contributed by atoms with Crippen LogP contribution in [0, 0.1) is 5.41 Å². The van der Waals surface area contributed by atoms with Crippen molar-refractivity contribution >= 4 is 11.9 Å². The molecule has 1 N–H and O–H groups in total. The van der Waals surface area contributed by atoms with Crippen molar-refractivity contribution in [3.8, 4) is 0 Å². The summed E-state index contributed by atoms with van der Waals surface area (Å²) in [5.74, 6) is -1.85. The molecule has 0 heterocycles. The van der Waals surface area contributed by atoms with Gasteiger partial charge in [-0.1, -0.05) is 60.9 Å². The Morgan fingerprint density at radius 1 is 1.11 bits per heavy atom. The minimum absolute atomic E-state index is 0.101. The lowest BCUT2D eigenvalue weighted by atomic mass is 9.72. The molecule has 0 saturated carbocycles. The summed E-state index contributed by atoms with van der Waals surface area (Å²) in [6.45, 7) is 10.9. The molecule has 0 amide bonds. The first kappa shape index (κ1) is 23.4. The molecule has 0 unspecified atom stereocenters. The zero-order valence-corrected chi connectivity index (χ0v) is 17.6. The van der Waals surface area contributed by atoms with Crippen LogP contribution in [0.25, 0.3) is 0 Å². The minimum Gasteiger partial charge on any atom is -0.478 e. The van der Waals surface area contributed by atoms with Gasteiger partial charge in [0.15, 0.2) is 0 Å². The van der Waals surface area contributed by atoms with Gasteiger partial charge in [0.05, 0.1) is 0 Å². The molecule has 0 aromatic heterocycles. The second kappa shape index (κ2) is 11.3. The first-order chi connectivity index (χ1) is 13.1. The second-order valence-electron chi connectivity index (χ2n) is 7.78. The lowest BCUT2D eigenvalue weighted by Gasteiger charge is -2.32. The van der Waals surface area contributed by atoms with Crippen molar-refractivity contribution in [1.82, 2.24) is 0 Å². The van der Waals surface area contributed by atoms with Gasteiger partial charge in [0.2, 0.25) is 0 Å². The smallest absolute Gasteiger partial charge is 0.331 e. The number of carboxylic acid groups (broad SMARTS) is 1. The summed E-state index contributed by atoms with van der Waals surface area (Å²) in [4.78, 5) is 21.6. The second-order valence-corrected chi connectivity index (χ2v) is 7.78. The normalized spacial score (nSPS) is 18.5. The maximum atomic E-state index is 11.3. The van der Waals surface area contributed by atoms with Gasteiger partial charge >= 0.3 is 11.9 Å². The molecule has 0 aromatic carbocycles. The van der Waals surface area contributed by atoms with E-state index in [1.165, 1.54) is 30.4 Å². The zero-order chi connectivity index (χ0) is 21.2. The lowest BCUT2D eigenvalue weighted by molar-refractivity contribution is -0.137. The van der Waals surface area contributed by atoms with Gasteiger partial charge in [-0.05, 0) is 57.1 Å². The summed E-state index contributed by atoms with van der Waals surface area (Å²) < 4.78 is 4.89. The maximum absolute atomic E-state index is 11.3. The molecule has 1 rings (SSSR count). The highest BCUT2D eigenvalue weighted by Crippen LogP contribution is 2.40. The number of hydrogen-bond acceptors (Lipinski definition) is 3. The van der Waals surface area contributed by atoms with E-state index in [-0.39, 0.29) is 12.0 Å². The van der Waals surface area contributed by atoms with Crippen molar-refractivity contribution in [2.24, 2.45) is 5.41 Å². The molecule has 0 bridgehead atoms. The third kappa shape index (κ3) is 8.85. The first-order valence-corrected chi connectivity index (χ1v) is 9.59. The molecule has 0 aliphatic heterocycles. The van der Waals surface area contributed by atoms with Crippen LogP contribution >= 0.6 is 0 Å². The van der Waals surface area contributed by atoms with E-state index in [1.54, 1.807) is 6.08 Å². The standard InChI is InChI=1S/C24H32O4/c1-18(11-12-21-20(3)10-7-16-24(21,4)5)8-6-9-19(2)15-17-28-23(27)14-13-22(25)26/h6,8-9,11-15H,7,10,16-17H2,1-5H3,(H,25,26). The predicted molar refractivity (Wildman–Crippen MR) is 114 cm³/mol. The molecule has 1 aliphatic carbocycles. The van der Waals surface area contributed by atoms with Crippen LogP contribution in [0.5, 0.6) is 0 Å². The summed E-state index contributed by atoms with van der Waals surface area (Å²) in [7, 11) is 0. The van der Waals surface area contributed by atoms with Gasteiger partial charge in [0.25, 0.3) is 0 Å². The molecule has 0 spiro atoms. The van der Waals surface area contributed by atoms with E-state index in [9.17, 15) is 9.59 Å². The quantitative estimate of drug-likeness (QED) is 0.331. The molecular formula is C24H32O4. The van der Waals surface area contributed by atoms with Crippen molar-refractivity contribution in [3.63, 3.8) is 0 Å². The highest BCUT2D eigenvalue weighted by Gasteiger charge is 2.26. The van der Waals surface area contributed by atoms with E-state index in [0.29, 0.717) is 0 Å². The van der Waals surface area contributed by atoms with Crippen LogP contribution in [0.2, 0.25) is 0 Å². The Bertz CT molecular complexity index is 755. The van der Waals surface area contributed by atoms with Crippen LogP contribution in [0.4, 0.5) is 0 Å². The SMILES string of the molecule is CC(C=CC1=C(C)CCCC1(C)C)=CC=CC(C)=CCOC(=O)C=CC(=O)O. The average Bonchev–Trinajstić information content (AvgIpc) is 2.59. The highest BCUT2D eigenvalue weighted by molar-refractivity contribution is 5.90. The summed E-state index contributed by atoms with van der Waals surface area (Å²) in [6, 6.07) is 0. The van der Waals surface area contributed by atoms with E-state index in [0.717, 1.165) is 23.3 Å². The number of hydrogen-bond donors (Lipinski definition) is 1. The van der Waals surface area contributed by atoms with E-state index in [4.69, 9.17) is 9.84 Å². The van der Waals surface area contributed by atoms with Crippen molar-refractivity contribution in [1.29, 1.82) is 0 Å². The third-order valence-corrected chi connectivity index (χ3v) is 4.77. The molecule has 0 aromatic rings. The molecule has 0 fully saturated rings. The Morgan fingerprint density at radius 3 is 2.46 bits per heavy atom. The molecule has 0 atom stereocenters. The molecule has 0 saturated heterocycles. The molecule has 152 valence electrons. The van der Waals surface area contributed by atoms with Gasteiger partial charge in [-0.15, -0.1) is 0 Å². The van der Waals surface area contributed by atoms with E-state index >= 15 is 0 Å². The van der Waals surface area contributed by atoms with Gasteiger partial charge in [-0.25, -0.2) is 9.59 Å². The van der Waals surface area contributed by atoms with Gasteiger partial charge < -0.3 is 9.84 Å². The van der Waals surface area contributed by atoms with Gasteiger partial charge in [-0.3, -0.25) is 0 Å². The highest BCUT2D eigenvalue weighted by atomic mass is 16.5. The number of carboxylic acids is 1. The summed E-state index contributed by atoms with van der Waals surface area (Å²) >= 11 is 0. The van der Waals surface area contributed by atoms with Gasteiger partial charge in [-0.2, -0.15) is 0 Å². The number of carbonyl (C=O) groups is 2. The number of esters is 1. The van der Waals surface area contributed by atoms with Gasteiger partial charge in [0, 0.05) is 12.2 Å². The number of allylic oxidation sites excluding steroid dienone is 9. The molecular weight excluding hydrogens is 352 g/mol. The summed E-state index contributed by atoms with van der Waals surface area (Å²) in [5, 5.41) is 8.44. The van der Waals surface area contributed by atoms with Crippen molar-refractivity contribution < 1.29 is 19.4 Å². The Kier molecular flexibility index (Phi) is 9.43. The fraction of sp³-hybridized carbons (Fsp3) is 0.417. The molecule has 4 heteroatoms. The van der Waals surface area contributed by atoms with Gasteiger partial charge in [0.1, 0.15) is 6.61 Å². The van der Waals surface area contributed by atoms with Crippen LogP contribution in [-0.2, 0) is 14.3 Å². The predicted octanol–water partition coefficient (Wildman–Crippen LogP) is 5.70. The number of aliphatic carboxylic acids is 1. The largest absolute Gasteiger partial charge is 0.478 e. The third-order valence-electron chi connectivity index (χ3n) is 4.77. The Labute approximate surface area is 168 Å². The molecule has 0 radical (unpaired) electrons. The monoisotopic (exact) mass is 384 g/mol. The van der Waals surface area contributed by atoms with Crippen LogP contribution < -0.4 is 0 Å². The zero-order valence-electron chi connectivity index (χ0n) is 17.6. The topological polar surface area (TPSA) is 63.6 Å². The first-order valence-electron chi connectivity index (χ1n) is 9.59.